The van der Waals surface area contributed by atoms with Gasteiger partial charge in [0.15, 0.2) is 0 Å². The zero-order chi connectivity index (χ0) is 47.9. The molecule has 3 amide bonds. The van der Waals surface area contributed by atoms with Gasteiger partial charge in [-0.05, 0) is 167 Å². The molecule has 6 rings (SSSR count). The van der Waals surface area contributed by atoms with Crippen molar-refractivity contribution in [2.75, 3.05) is 16.0 Å². The molecule has 0 aliphatic heterocycles. The maximum atomic E-state index is 11.9. The summed E-state index contributed by atoms with van der Waals surface area (Å²) in [7, 11) is 0. The van der Waals surface area contributed by atoms with Crippen molar-refractivity contribution >= 4 is 53.2 Å². The monoisotopic (exact) mass is 903 g/mol. The largest absolute Gasteiger partial charge is 0.478 e. The maximum absolute atomic E-state index is 11.9. The van der Waals surface area contributed by atoms with E-state index in [1.165, 1.54) is 49.2 Å². The second-order valence-corrected chi connectivity index (χ2v) is 17.3. The van der Waals surface area contributed by atoms with Crippen LogP contribution in [0.25, 0.3) is 0 Å². The summed E-state index contributed by atoms with van der Waals surface area (Å²) in [6, 6.07) is 18.0. The number of carbonyl (C=O) groups is 6. The van der Waals surface area contributed by atoms with Crippen LogP contribution in [0.2, 0.25) is 0 Å². The van der Waals surface area contributed by atoms with Crippen LogP contribution in [0.4, 0.5) is 31.4 Å². The van der Waals surface area contributed by atoms with E-state index < -0.39 is 36.2 Å². The molecule has 356 valence electrons. The predicted octanol–water partition coefficient (Wildman–Crippen LogP) is 12.7. The quantitative estimate of drug-likeness (QED) is 0.104. The predicted molar refractivity (Wildman–Crippen MR) is 250 cm³/mol. The number of carboxylic acids is 3. The van der Waals surface area contributed by atoms with Gasteiger partial charge >= 0.3 is 36.2 Å². The third-order valence-corrected chi connectivity index (χ3v) is 11.8. The number of anilines is 3. The fourth-order valence-electron chi connectivity index (χ4n) is 8.00. The van der Waals surface area contributed by atoms with Crippen LogP contribution in [0, 0.1) is 17.3 Å². The lowest BCUT2D eigenvalue weighted by molar-refractivity contribution is 0.0443. The molecule has 65 heavy (non-hydrogen) atoms. The standard InChI is InChI=1S/C18H25NO4.C16H21NO4.C14H17NO4.C2H6/c1-18(2,3)13-6-10-15(11-7-13)23-17(22)19-14-8-4-12(5-9-14)16(20)21;1-2-11-5-3-4-6-14(11)21-16(20)17-13-9-7-12(8-10-13)15(18)19;16-13(17)10-6-8-11(9-7-10)15-14(18)19-12-4-2-1-3-5-12;1-2/h4-5,8-9,13,15H,6-7,10-11H2,1-3H3,(H,19,22)(H,20,21);7-11,14H,2-6H2,1H3,(H,17,20)(H,18,19);6-9,12H,1-5H2,(H,15,18)(H,16,17);1-2H3. The number of carboxylic acid groups (broad SMARTS) is 3. The smallest absolute Gasteiger partial charge is 0.411 e. The summed E-state index contributed by atoms with van der Waals surface area (Å²) >= 11 is 0. The van der Waals surface area contributed by atoms with E-state index in [4.69, 9.17) is 29.5 Å². The van der Waals surface area contributed by atoms with Gasteiger partial charge in [0.1, 0.15) is 18.3 Å². The van der Waals surface area contributed by atoms with E-state index in [9.17, 15) is 28.8 Å². The Morgan fingerprint density at radius 1 is 0.492 bits per heavy atom. The average molecular weight is 904 g/mol. The van der Waals surface area contributed by atoms with Crippen molar-refractivity contribution in [3.8, 4) is 0 Å². The fourth-order valence-corrected chi connectivity index (χ4v) is 8.00. The van der Waals surface area contributed by atoms with Gasteiger partial charge in [-0.2, -0.15) is 0 Å². The van der Waals surface area contributed by atoms with Crippen molar-refractivity contribution in [1.82, 2.24) is 0 Å². The van der Waals surface area contributed by atoms with E-state index in [-0.39, 0.29) is 35.0 Å². The third kappa shape index (κ3) is 19.3. The fraction of sp³-hybridized carbons (Fsp3) is 0.520. The Hall–Kier alpha value is -6.12. The van der Waals surface area contributed by atoms with Crippen LogP contribution < -0.4 is 16.0 Å². The lowest BCUT2D eigenvalue weighted by atomic mass is 9.72. The molecule has 6 N–H and O–H groups in total. The number of ether oxygens (including phenoxy) is 3. The molecular formula is C50H69N3O12. The summed E-state index contributed by atoms with van der Waals surface area (Å²) < 4.78 is 16.3. The lowest BCUT2D eigenvalue weighted by Gasteiger charge is -2.36. The molecule has 15 nitrogen and oxygen atoms in total. The Kier molecular flexibility index (Phi) is 22.3. The lowest BCUT2D eigenvalue weighted by Crippen LogP contribution is -2.31. The second kappa shape index (κ2) is 27.3. The number of hydrogen-bond donors (Lipinski definition) is 6. The molecule has 3 saturated carbocycles. The van der Waals surface area contributed by atoms with E-state index in [2.05, 4.69) is 43.6 Å². The van der Waals surface area contributed by atoms with E-state index in [0.717, 1.165) is 77.0 Å². The molecule has 0 heterocycles. The summed E-state index contributed by atoms with van der Waals surface area (Å²) in [5, 5.41) is 34.3. The Morgan fingerprint density at radius 2 is 0.831 bits per heavy atom. The molecule has 0 spiro atoms. The van der Waals surface area contributed by atoms with E-state index >= 15 is 0 Å². The Balaban J connectivity index is 0.000000255. The Labute approximate surface area is 383 Å². The van der Waals surface area contributed by atoms with Crippen molar-refractivity contribution in [3.05, 3.63) is 89.5 Å². The van der Waals surface area contributed by atoms with Crippen LogP contribution >= 0.6 is 0 Å². The van der Waals surface area contributed by atoms with Crippen molar-refractivity contribution < 1.29 is 58.3 Å². The second-order valence-electron chi connectivity index (χ2n) is 17.3. The van der Waals surface area contributed by atoms with Crippen LogP contribution in [0.15, 0.2) is 72.8 Å². The van der Waals surface area contributed by atoms with Crippen molar-refractivity contribution in [3.63, 3.8) is 0 Å². The van der Waals surface area contributed by atoms with E-state index in [0.29, 0.717) is 34.3 Å². The molecule has 0 bridgehead atoms. The molecule has 3 aromatic carbocycles. The van der Waals surface area contributed by atoms with Crippen molar-refractivity contribution in [2.45, 2.75) is 150 Å². The Bertz CT molecular complexity index is 1950. The van der Waals surface area contributed by atoms with Gasteiger partial charge in [0.2, 0.25) is 0 Å². The molecule has 3 aliphatic carbocycles. The highest BCUT2D eigenvalue weighted by molar-refractivity contribution is 5.91. The van der Waals surface area contributed by atoms with Crippen LogP contribution in [0.5, 0.6) is 0 Å². The molecular weight excluding hydrogens is 835 g/mol. The minimum absolute atomic E-state index is 0.00652. The molecule has 3 fully saturated rings. The van der Waals surface area contributed by atoms with E-state index in [1.54, 1.807) is 36.4 Å². The first-order valence-electron chi connectivity index (χ1n) is 22.9. The first-order valence-corrected chi connectivity index (χ1v) is 22.9. The van der Waals surface area contributed by atoms with Gasteiger partial charge in [-0.1, -0.05) is 54.4 Å². The summed E-state index contributed by atoms with van der Waals surface area (Å²) in [5.41, 5.74) is 2.46. The summed E-state index contributed by atoms with van der Waals surface area (Å²) in [6.07, 6.45) is 13.1. The molecule has 3 aliphatic rings. The number of nitrogens with one attached hydrogen (secondary N) is 3. The van der Waals surface area contributed by atoms with Crippen LogP contribution in [0.1, 0.15) is 163 Å². The molecule has 15 heteroatoms. The van der Waals surface area contributed by atoms with Gasteiger partial charge in [-0.3, -0.25) is 16.0 Å². The SMILES string of the molecule is CC.CC(C)(C)C1CCC(OC(=O)Nc2ccc(C(=O)O)cc2)CC1.CCC1CCCCC1OC(=O)Nc1ccc(C(=O)O)cc1.O=C(Nc1ccc(C(=O)O)cc1)OC1CCCCC1. The first kappa shape index (κ1) is 53.2. The number of aromatic carboxylic acids is 3. The topological polar surface area (TPSA) is 227 Å². The van der Waals surface area contributed by atoms with E-state index in [1.807, 2.05) is 13.8 Å². The minimum atomic E-state index is -0.991. The highest BCUT2D eigenvalue weighted by Gasteiger charge is 2.31. The third-order valence-electron chi connectivity index (χ3n) is 11.8. The zero-order valence-corrected chi connectivity index (χ0v) is 38.7. The molecule has 2 atom stereocenters. The highest BCUT2D eigenvalue weighted by Crippen LogP contribution is 2.38. The normalized spacial score (nSPS) is 19.3. The van der Waals surface area contributed by atoms with Crippen LogP contribution in [-0.2, 0) is 14.2 Å². The van der Waals surface area contributed by atoms with Gasteiger partial charge < -0.3 is 29.5 Å². The van der Waals surface area contributed by atoms with Gasteiger partial charge in [0.25, 0.3) is 0 Å². The number of rotatable bonds is 10. The van der Waals surface area contributed by atoms with Gasteiger partial charge in [-0.25, -0.2) is 28.8 Å². The molecule has 0 aromatic heterocycles. The Morgan fingerprint density at radius 3 is 1.18 bits per heavy atom. The van der Waals surface area contributed by atoms with Crippen molar-refractivity contribution in [2.24, 2.45) is 17.3 Å². The summed E-state index contributed by atoms with van der Waals surface area (Å²) in [4.78, 5) is 67.7. The van der Waals surface area contributed by atoms with Crippen molar-refractivity contribution in [1.29, 1.82) is 0 Å². The van der Waals surface area contributed by atoms with Gasteiger partial charge in [-0.15, -0.1) is 0 Å². The van der Waals surface area contributed by atoms with Crippen LogP contribution in [-0.4, -0.2) is 69.8 Å². The number of hydrogen-bond acceptors (Lipinski definition) is 9. The average Bonchev–Trinajstić information content (AvgIpc) is 3.28. The van der Waals surface area contributed by atoms with Crippen LogP contribution in [0.3, 0.4) is 0 Å². The number of benzene rings is 3. The first-order chi connectivity index (χ1) is 31.0. The minimum Gasteiger partial charge on any atom is -0.478 e. The number of amides is 3. The molecule has 0 radical (unpaired) electrons. The molecule has 3 aromatic rings. The summed E-state index contributed by atoms with van der Waals surface area (Å²) in [5.74, 6) is -1.85. The maximum Gasteiger partial charge on any atom is 0.411 e. The molecule has 2 unspecified atom stereocenters. The number of carbonyl (C=O) groups excluding carboxylic acids is 3. The van der Waals surface area contributed by atoms with Gasteiger partial charge in [0.05, 0.1) is 16.7 Å². The zero-order valence-electron chi connectivity index (χ0n) is 38.7. The molecule has 0 saturated heterocycles. The van der Waals surface area contributed by atoms with Gasteiger partial charge in [0, 0.05) is 17.1 Å². The summed E-state index contributed by atoms with van der Waals surface area (Å²) in [6.45, 7) is 12.9. The highest BCUT2D eigenvalue weighted by atomic mass is 16.6.